The molecular weight excluding hydrogens is 358 g/mol. The van der Waals surface area contributed by atoms with E-state index in [4.69, 9.17) is 17.0 Å². The minimum atomic E-state index is 0.0672. The highest BCUT2D eigenvalue weighted by atomic mass is 32.1. The van der Waals surface area contributed by atoms with Gasteiger partial charge in [-0.2, -0.15) is 0 Å². The van der Waals surface area contributed by atoms with E-state index in [9.17, 15) is 4.79 Å². The van der Waals surface area contributed by atoms with Crippen LogP contribution in [0.25, 0.3) is 5.69 Å². The number of carbonyl (C=O) groups excluding carboxylic acids is 1. The molecule has 1 fully saturated rings. The molecule has 0 aliphatic carbocycles. The summed E-state index contributed by atoms with van der Waals surface area (Å²) in [5.41, 5.74) is 2.78. The van der Waals surface area contributed by atoms with Crippen molar-refractivity contribution in [3.05, 3.63) is 76.8 Å². The fourth-order valence-corrected chi connectivity index (χ4v) is 3.87. The zero-order valence-electron chi connectivity index (χ0n) is 15.1. The van der Waals surface area contributed by atoms with E-state index in [0.717, 1.165) is 36.4 Å². The summed E-state index contributed by atoms with van der Waals surface area (Å²) in [7, 11) is 1.66. The Labute approximate surface area is 163 Å². The number of nitrogens with zero attached hydrogens (tertiary/aromatic N) is 2. The van der Waals surface area contributed by atoms with Crippen LogP contribution in [0.3, 0.4) is 0 Å². The summed E-state index contributed by atoms with van der Waals surface area (Å²) in [6.07, 6.45) is 5.66. The first-order valence-corrected chi connectivity index (χ1v) is 9.39. The number of likely N-dealkylation sites (tertiary alicyclic amines) is 1. The molecule has 1 aromatic heterocycles. The van der Waals surface area contributed by atoms with Crippen LogP contribution in [0.4, 0.5) is 0 Å². The lowest BCUT2D eigenvalue weighted by molar-refractivity contribution is 0.0735. The lowest BCUT2D eigenvalue weighted by Crippen LogP contribution is -2.30. The maximum Gasteiger partial charge on any atom is 0.254 e. The van der Waals surface area contributed by atoms with Gasteiger partial charge >= 0.3 is 0 Å². The molecule has 0 spiro atoms. The molecule has 1 amide bonds. The number of imidazole rings is 1. The van der Waals surface area contributed by atoms with Gasteiger partial charge in [0.05, 0.1) is 13.2 Å². The molecule has 0 bridgehead atoms. The topological polar surface area (TPSA) is 50.3 Å². The number of amides is 1. The van der Waals surface area contributed by atoms with Gasteiger partial charge in [0.1, 0.15) is 5.75 Å². The number of ether oxygens (including phenoxy) is 1. The molecule has 1 N–H and O–H groups in total. The Balaban J connectivity index is 1.56. The molecule has 27 heavy (non-hydrogen) atoms. The number of carbonyl (C=O) groups is 1. The summed E-state index contributed by atoms with van der Waals surface area (Å²) in [5.74, 6) is 0.895. The summed E-state index contributed by atoms with van der Waals surface area (Å²) in [6.45, 7) is 0.778. The van der Waals surface area contributed by atoms with Crippen molar-refractivity contribution >= 4 is 18.1 Å². The van der Waals surface area contributed by atoms with Gasteiger partial charge < -0.3 is 14.6 Å². The minimum Gasteiger partial charge on any atom is -0.497 e. The molecule has 1 aliphatic rings. The minimum absolute atomic E-state index is 0.0672. The number of H-pyrrole nitrogens is 1. The van der Waals surface area contributed by atoms with Crippen LogP contribution in [0, 0.1) is 4.77 Å². The maximum atomic E-state index is 13.1. The van der Waals surface area contributed by atoms with Crippen molar-refractivity contribution in [2.45, 2.75) is 18.9 Å². The molecule has 2 heterocycles. The second-order valence-electron chi connectivity index (χ2n) is 6.61. The van der Waals surface area contributed by atoms with Gasteiger partial charge in [-0.1, -0.05) is 12.1 Å². The molecule has 138 valence electrons. The average molecular weight is 379 g/mol. The SMILES string of the molecule is COc1ccc(C2CCCN2C(=O)c2ccc(-n3cc[nH]c3=S)cc2)cc1. The molecule has 5 nitrogen and oxygen atoms in total. The van der Waals surface area contributed by atoms with Crippen molar-refractivity contribution in [3.8, 4) is 11.4 Å². The van der Waals surface area contributed by atoms with Crippen LogP contribution < -0.4 is 4.74 Å². The van der Waals surface area contributed by atoms with E-state index in [1.165, 1.54) is 0 Å². The Bertz CT molecular complexity index is 989. The fourth-order valence-electron chi connectivity index (χ4n) is 3.64. The summed E-state index contributed by atoms with van der Waals surface area (Å²) < 4.78 is 7.74. The summed E-state index contributed by atoms with van der Waals surface area (Å²) in [6, 6.07) is 15.7. The highest BCUT2D eigenvalue weighted by Crippen LogP contribution is 2.34. The van der Waals surface area contributed by atoms with Crippen LogP contribution >= 0.6 is 12.2 Å². The molecule has 0 saturated carbocycles. The summed E-state index contributed by atoms with van der Waals surface area (Å²) in [5, 5.41) is 0. The van der Waals surface area contributed by atoms with E-state index in [1.807, 2.05) is 64.2 Å². The number of nitrogens with one attached hydrogen (secondary N) is 1. The third kappa shape index (κ3) is 3.40. The Kier molecular flexibility index (Phi) is 4.81. The normalized spacial score (nSPS) is 16.5. The van der Waals surface area contributed by atoms with Gasteiger partial charge in [-0.15, -0.1) is 0 Å². The second-order valence-corrected chi connectivity index (χ2v) is 7.00. The molecular formula is C21H21N3O2S. The molecule has 3 aromatic rings. The zero-order valence-corrected chi connectivity index (χ0v) is 15.9. The summed E-state index contributed by atoms with van der Waals surface area (Å²) >= 11 is 5.25. The first-order valence-electron chi connectivity index (χ1n) is 8.99. The standard InChI is InChI=1S/C21H21N3O2S/c1-26-18-10-6-15(7-11-18)19-3-2-13-24(19)20(25)16-4-8-17(9-5-16)23-14-12-22-21(23)27/h4-12,14,19H,2-3,13H2,1H3,(H,22,27). The van der Waals surface area contributed by atoms with E-state index >= 15 is 0 Å². The quantitative estimate of drug-likeness (QED) is 0.678. The number of benzene rings is 2. The largest absolute Gasteiger partial charge is 0.497 e. The van der Waals surface area contributed by atoms with E-state index in [2.05, 4.69) is 4.98 Å². The third-order valence-electron chi connectivity index (χ3n) is 5.06. The van der Waals surface area contributed by atoms with Crippen LogP contribution in [0.1, 0.15) is 34.8 Å². The van der Waals surface area contributed by atoms with Crippen LogP contribution in [0.5, 0.6) is 5.75 Å². The first-order chi connectivity index (χ1) is 13.2. The van der Waals surface area contributed by atoms with Gasteiger partial charge in [-0.3, -0.25) is 9.36 Å². The molecule has 2 aromatic carbocycles. The van der Waals surface area contributed by atoms with Crippen LogP contribution in [0.15, 0.2) is 60.9 Å². The van der Waals surface area contributed by atoms with Gasteiger partial charge in [0, 0.05) is 30.2 Å². The molecule has 6 heteroatoms. The number of rotatable bonds is 4. The van der Waals surface area contributed by atoms with Crippen molar-refractivity contribution in [1.82, 2.24) is 14.5 Å². The van der Waals surface area contributed by atoms with Crippen molar-refractivity contribution in [2.24, 2.45) is 0 Å². The van der Waals surface area contributed by atoms with Crippen LogP contribution in [-0.4, -0.2) is 34.0 Å². The molecule has 1 unspecified atom stereocenters. The molecule has 0 radical (unpaired) electrons. The number of hydrogen-bond acceptors (Lipinski definition) is 3. The number of aromatic amines is 1. The number of methoxy groups -OCH3 is 1. The van der Waals surface area contributed by atoms with Crippen molar-refractivity contribution < 1.29 is 9.53 Å². The predicted molar refractivity (Wildman–Crippen MR) is 107 cm³/mol. The highest BCUT2D eigenvalue weighted by molar-refractivity contribution is 7.71. The zero-order chi connectivity index (χ0) is 18.8. The smallest absolute Gasteiger partial charge is 0.254 e. The Hall–Kier alpha value is -2.86. The first kappa shape index (κ1) is 17.5. The van der Waals surface area contributed by atoms with Gasteiger partial charge in [0.25, 0.3) is 5.91 Å². The lowest BCUT2D eigenvalue weighted by atomic mass is 10.0. The van der Waals surface area contributed by atoms with Crippen molar-refractivity contribution in [1.29, 1.82) is 0 Å². The third-order valence-corrected chi connectivity index (χ3v) is 5.37. The van der Waals surface area contributed by atoms with Crippen LogP contribution in [-0.2, 0) is 0 Å². The Morgan fingerprint density at radius 2 is 1.89 bits per heavy atom. The highest BCUT2D eigenvalue weighted by Gasteiger charge is 2.30. The Morgan fingerprint density at radius 3 is 2.52 bits per heavy atom. The van der Waals surface area contributed by atoms with Crippen molar-refractivity contribution in [2.75, 3.05) is 13.7 Å². The molecule has 1 atom stereocenters. The van der Waals surface area contributed by atoms with Gasteiger partial charge in [-0.05, 0) is 67.0 Å². The molecule has 4 rings (SSSR count). The van der Waals surface area contributed by atoms with Gasteiger partial charge in [0.2, 0.25) is 0 Å². The fraction of sp³-hybridized carbons (Fsp3) is 0.238. The molecule has 1 saturated heterocycles. The van der Waals surface area contributed by atoms with E-state index in [1.54, 1.807) is 13.3 Å². The summed E-state index contributed by atoms with van der Waals surface area (Å²) in [4.78, 5) is 18.0. The van der Waals surface area contributed by atoms with Gasteiger partial charge in [-0.25, -0.2) is 0 Å². The second kappa shape index (κ2) is 7.40. The maximum absolute atomic E-state index is 13.1. The average Bonchev–Trinajstić information content (AvgIpc) is 3.37. The Morgan fingerprint density at radius 1 is 1.15 bits per heavy atom. The van der Waals surface area contributed by atoms with E-state index in [0.29, 0.717) is 10.3 Å². The van der Waals surface area contributed by atoms with Crippen molar-refractivity contribution in [3.63, 3.8) is 0 Å². The molecule has 1 aliphatic heterocycles. The number of hydrogen-bond donors (Lipinski definition) is 1. The monoisotopic (exact) mass is 379 g/mol. The van der Waals surface area contributed by atoms with E-state index < -0.39 is 0 Å². The predicted octanol–water partition coefficient (Wildman–Crippen LogP) is 4.52. The van der Waals surface area contributed by atoms with Gasteiger partial charge in [0.15, 0.2) is 4.77 Å². The number of aromatic nitrogens is 2. The van der Waals surface area contributed by atoms with Crippen LogP contribution in [0.2, 0.25) is 0 Å². The van der Waals surface area contributed by atoms with E-state index in [-0.39, 0.29) is 11.9 Å². The lowest BCUT2D eigenvalue weighted by Gasteiger charge is -2.25.